The second-order valence-corrected chi connectivity index (χ2v) is 6.91. The third-order valence-electron chi connectivity index (χ3n) is 3.58. The predicted octanol–water partition coefficient (Wildman–Crippen LogP) is 3.10. The van der Waals surface area contributed by atoms with E-state index in [4.69, 9.17) is 0 Å². The van der Waals surface area contributed by atoms with Gasteiger partial charge in [-0.1, -0.05) is 54.6 Å². The van der Waals surface area contributed by atoms with Gasteiger partial charge in [0.05, 0.1) is 16.9 Å². The Hall–Kier alpha value is -2.24. The van der Waals surface area contributed by atoms with Gasteiger partial charge in [-0.25, -0.2) is 13.1 Å². The number of hydrogen-bond acceptors (Lipinski definition) is 3. The summed E-state index contributed by atoms with van der Waals surface area (Å²) in [6.45, 7) is 5.11. The van der Waals surface area contributed by atoms with Gasteiger partial charge in [0, 0.05) is 0 Å². The van der Waals surface area contributed by atoms with Gasteiger partial charge in [0.15, 0.2) is 0 Å². The topological polar surface area (TPSA) is 63.2 Å². The van der Waals surface area contributed by atoms with Gasteiger partial charge >= 0.3 is 0 Å². The summed E-state index contributed by atoms with van der Waals surface area (Å²) >= 11 is 0. The summed E-state index contributed by atoms with van der Waals surface area (Å²) in [5.74, 6) is -0.791. The van der Waals surface area contributed by atoms with Crippen molar-refractivity contribution in [2.75, 3.05) is 0 Å². The van der Waals surface area contributed by atoms with Gasteiger partial charge in [0.1, 0.15) is 5.78 Å². The molecule has 2 unspecified atom stereocenters. The fourth-order valence-corrected chi connectivity index (χ4v) is 3.65. The fraction of sp³-hybridized carbons (Fsp3) is 0.167. The highest BCUT2D eigenvalue weighted by molar-refractivity contribution is 7.89. The van der Waals surface area contributed by atoms with Crippen LogP contribution in [0, 0.1) is 5.92 Å². The van der Waals surface area contributed by atoms with Crippen LogP contribution in [0.15, 0.2) is 78.2 Å². The van der Waals surface area contributed by atoms with E-state index in [0.717, 1.165) is 0 Å². The van der Waals surface area contributed by atoms with Crippen LogP contribution in [-0.4, -0.2) is 14.2 Å². The Balaban J connectivity index is 2.43. The molecule has 1 N–H and O–H groups in total. The quantitative estimate of drug-likeness (QED) is 0.794. The lowest BCUT2D eigenvalue weighted by atomic mass is 9.91. The molecule has 0 saturated heterocycles. The molecule has 0 saturated carbocycles. The lowest BCUT2D eigenvalue weighted by Gasteiger charge is -2.24. The van der Waals surface area contributed by atoms with Crippen LogP contribution >= 0.6 is 0 Å². The third-order valence-corrected chi connectivity index (χ3v) is 5.03. The number of carbonyl (C=O) groups is 1. The maximum atomic E-state index is 12.6. The van der Waals surface area contributed by atoms with E-state index in [1.807, 2.05) is 6.07 Å². The molecule has 0 aromatic heterocycles. The molecule has 0 amide bonds. The van der Waals surface area contributed by atoms with Gasteiger partial charge in [0.25, 0.3) is 0 Å². The Morgan fingerprint density at radius 3 is 2.04 bits per heavy atom. The SMILES string of the molecule is C=CC(C(C)=O)C(NS(=O)(=O)c1ccccc1)c1ccccc1. The zero-order valence-electron chi connectivity index (χ0n) is 12.8. The smallest absolute Gasteiger partial charge is 0.241 e. The number of sulfonamides is 1. The number of rotatable bonds is 7. The van der Waals surface area contributed by atoms with E-state index >= 15 is 0 Å². The van der Waals surface area contributed by atoms with Crippen molar-refractivity contribution in [1.29, 1.82) is 0 Å². The molecule has 2 aromatic rings. The predicted molar refractivity (Wildman–Crippen MR) is 90.3 cm³/mol. The van der Waals surface area contributed by atoms with E-state index in [-0.39, 0.29) is 10.7 Å². The molecule has 23 heavy (non-hydrogen) atoms. The van der Waals surface area contributed by atoms with Crippen LogP contribution in [0.3, 0.4) is 0 Å². The maximum absolute atomic E-state index is 12.6. The highest BCUT2D eigenvalue weighted by Crippen LogP contribution is 2.26. The first-order chi connectivity index (χ1) is 11.0. The van der Waals surface area contributed by atoms with E-state index in [2.05, 4.69) is 11.3 Å². The van der Waals surface area contributed by atoms with Gasteiger partial charge in [-0.2, -0.15) is 0 Å². The molecule has 0 fully saturated rings. The van der Waals surface area contributed by atoms with Gasteiger partial charge in [-0.15, -0.1) is 6.58 Å². The van der Waals surface area contributed by atoms with Crippen molar-refractivity contribution in [1.82, 2.24) is 4.72 Å². The van der Waals surface area contributed by atoms with Crippen molar-refractivity contribution in [3.8, 4) is 0 Å². The molecule has 2 aromatic carbocycles. The number of ketones is 1. The number of nitrogens with one attached hydrogen (secondary N) is 1. The fourth-order valence-electron chi connectivity index (χ4n) is 2.38. The Kier molecular flexibility index (Phi) is 5.47. The normalized spacial score (nSPS) is 14.0. The van der Waals surface area contributed by atoms with Crippen LogP contribution < -0.4 is 4.72 Å². The molecule has 0 aliphatic carbocycles. The molecule has 4 nitrogen and oxygen atoms in total. The molecule has 120 valence electrons. The second-order valence-electron chi connectivity index (χ2n) is 5.19. The Labute approximate surface area is 136 Å². The molecule has 0 radical (unpaired) electrons. The molecule has 0 bridgehead atoms. The minimum Gasteiger partial charge on any atom is -0.299 e. The monoisotopic (exact) mass is 329 g/mol. The molecule has 0 aliphatic rings. The van der Waals surface area contributed by atoms with E-state index in [1.54, 1.807) is 42.5 Å². The second kappa shape index (κ2) is 7.35. The summed E-state index contributed by atoms with van der Waals surface area (Å²) in [5.41, 5.74) is 0.715. The van der Waals surface area contributed by atoms with E-state index in [1.165, 1.54) is 25.1 Å². The van der Waals surface area contributed by atoms with E-state index in [0.29, 0.717) is 5.56 Å². The van der Waals surface area contributed by atoms with Gasteiger partial charge in [0.2, 0.25) is 10.0 Å². The number of benzene rings is 2. The summed E-state index contributed by atoms with van der Waals surface area (Å²) in [6.07, 6.45) is 1.48. The van der Waals surface area contributed by atoms with Crippen LogP contribution in [0.2, 0.25) is 0 Å². The van der Waals surface area contributed by atoms with Gasteiger partial charge in [-0.3, -0.25) is 4.79 Å². The first-order valence-corrected chi connectivity index (χ1v) is 8.69. The average molecular weight is 329 g/mol. The first-order valence-electron chi connectivity index (χ1n) is 7.21. The summed E-state index contributed by atoms with van der Waals surface area (Å²) in [7, 11) is -3.75. The van der Waals surface area contributed by atoms with Crippen LogP contribution in [-0.2, 0) is 14.8 Å². The lowest BCUT2D eigenvalue weighted by molar-refractivity contribution is -0.120. The summed E-state index contributed by atoms with van der Waals surface area (Å²) in [6, 6.07) is 16.4. The number of Topliss-reactive ketones (excluding diaryl/α,β-unsaturated/α-hetero) is 1. The van der Waals surface area contributed by atoms with Crippen LogP contribution in [0.5, 0.6) is 0 Å². The Morgan fingerprint density at radius 2 is 1.57 bits per heavy atom. The minimum absolute atomic E-state index is 0.149. The molecule has 2 rings (SSSR count). The van der Waals surface area contributed by atoms with Crippen molar-refractivity contribution in [3.63, 3.8) is 0 Å². The van der Waals surface area contributed by atoms with Crippen molar-refractivity contribution >= 4 is 15.8 Å². The van der Waals surface area contributed by atoms with Gasteiger partial charge in [-0.05, 0) is 24.6 Å². The van der Waals surface area contributed by atoms with Crippen LogP contribution in [0.4, 0.5) is 0 Å². The first kappa shape index (κ1) is 17.1. The van der Waals surface area contributed by atoms with Gasteiger partial charge < -0.3 is 0 Å². The number of hydrogen-bond donors (Lipinski definition) is 1. The summed E-state index contributed by atoms with van der Waals surface area (Å²) < 4.78 is 27.8. The highest BCUT2D eigenvalue weighted by Gasteiger charge is 2.29. The Morgan fingerprint density at radius 1 is 1.04 bits per heavy atom. The highest BCUT2D eigenvalue weighted by atomic mass is 32.2. The summed E-state index contributed by atoms with van der Waals surface area (Å²) in [4.78, 5) is 12.1. The zero-order valence-corrected chi connectivity index (χ0v) is 13.7. The molecule has 2 atom stereocenters. The average Bonchev–Trinajstić information content (AvgIpc) is 2.56. The van der Waals surface area contributed by atoms with Crippen molar-refractivity contribution < 1.29 is 13.2 Å². The van der Waals surface area contributed by atoms with Crippen LogP contribution in [0.25, 0.3) is 0 Å². The van der Waals surface area contributed by atoms with Crippen molar-refractivity contribution in [2.24, 2.45) is 5.92 Å². The zero-order chi connectivity index (χ0) is 16.9. The molecular formula is C18H19NO3S. The Bertz CT molecular complexity index is 770. The van der Waals surface area contributed by atoms with Crippen molar-refractivity contribution in [3.05, 3.63) is 78.9 Å². The number of carbonyl (C=O) groups excluding carboxylic acids is 1. The van der Waals surface area contributed by atoms with E-state index < -0.39 is 22.0 Å². The maximum Gasteiger partial charge on any atom is 0.241 e. The molecule has 0 heterocycles. The molecule has 0 aliphatic heterocycles. The molecule has 5 heteroatoms. The molecule has 0 spiro atoms. The van der Waals surface area contributed by atoms with E-state index in [9.17, 15) is 13.2 Å². The minimum atomic E-state index is -3.75. The lowest BCUT2D eigenvalue weighted by Crippen LogP contribution is -2.35. The third kappa shape index (κ3) is 4.15. The largest absolute Gasteiger partial charge is 0.299 e. The van der Waals surface area contributed by atoms with Crippen LogP contribution in [0.1, 0.15) is 18.5 Å². The summed E-state index contributed by atoms with van der Waals surface area (Å²) in [5, 5.41) is 0. The van der Waals surface area contributed by atoms with Crippen molar-refractivity contribution in [2.45, 2.75) is 17.9 Å². The molecular weight excluding hydrogens is 310 g/mol. The standard InChI is InChI=1S/C18H19NO3S/c1-3-17(14(2)20)18(15-10-6-4-7-11-15)19-23(21,22)16-12-8-5-9-13-16/h3-13,17-19H,1H2,2H3.